The molecule has 2 aromatic rings. The maximum absolute atomic E-state index is 12.8. The summed E-state index contributed by atoms with van der Waals surface area (Å²) in [6.07, 6.45) is 1.48. The molecule has 130 valence electrons. The van der Waals surface area contributed by atoms with E-state index in [1.54, 1.807) is 0 Å². The van der Waals surface area contributed by atoms with E-state index in [0.29, 0.717) is 31.3 Å². The van der Waals surface area contributed by atoms with E-state index >= 15 is 0 Å². The van der Waals surface area contributed by atoms with Gasteiger partial charge in [-0.05, 0) is 25.3 Å². The summed E-state index contributed by atoms with van der Waals surface area (Å²) in [4.78, 5) is 4.29. The molecule has 3 rings (SSSR count). The molecule has 0 spiro atoms. The number of sulfonamides is 1. The molecule has 1 aromatic carbocycles. The predicted octanol–water partition coefficient (Wildman–Crippen LogP) is 2.27. The SMILES string of the molecule is CCOCc1nc(C2CCCN2S(=O)(=O)Cc2ccccc2)no1. The van der Waals surface area contributed by atoms with Gasteiger partial charge in [-0.2, -0.15) is 9.29 Å². The Morgan fingerprint density at radius 1 is 1.33 bits per heavy atom. The molecular formula is C16H21N3O4S. The van der Waals surface area contributed by atoms with Crippen LogP contribution in [0.15, 0.2) is 34.9 Å². The third-order valence-electron chi connectivity index (χ3n) is 3.96. The van der Waals surface area contributed by atoms with Crippen molar-refractivity contribution >= 4 is 10.0 Å². The smallest absolute Gasteiger partial charge is 0.252 e. The average molecular weight is 351 g/mol. The Hall–Kier alpha value is -1.77. The molecule has 1 fully saturated rings. The lowest BCUT2D eigenvalue weighted by Crippen LogP contribution is -2.32. The van der Waals surface area contributed by atoms with Crippen LogP contribution in [0.25, 0.3) is 0 Å². The summed E-state index contributed by atoms with van der Waals surface area (Å²) in [6, 6.07) is 8.82. The highest BCUT2D eigenvalue weighted by Crippen LogP contribution is 2.33. The van der Waals surface area contributed by atoms with Crippen molar-refractivity contribution in [3.63, 3.8) is 0 Å². The van der Waals surface area contributed by atoms with E-state index in [9.17, 15) is 8.42 Å². The van der Waals surface area contributed by atoms with Crippen LogP contribution in [-0.4, -0.2) is 36.0 Å². The third-order valence-corrected chi connectivity index (χ3v) is 5.81. The Morgan fingerprint density at radius 2 is 2.12 bits per heavy atom. The van der Waals surface area contributed by atoms with Gasteiger partial charge in [0.2, 0.25) is 10.0 Å². The van der Waals surface area contributed by atoms with E-state index in [1.807, 2.05) is 37.3 Å². The van der Waals surface area contributed by atoms with Crippen LogP contribution in [-0.2, 0) is 27.1 Å². The summed E-state index contributed by atoms with van der Waals surface area (Å²) in [5.41, 5.74) is 0.772. The van der Waals surface area contributed by atoms with Gasteiger partial charge in [-0.15, -0.1) is 0 Å². The number of aromatic nitrogens is 2. The van der Waals surface area contributed by atoms with Crippen LogP contribution in [0.3, 0.4) is 0 Å². The Morgan fingerprint density at radius 3 is 2.88 bits per heavy atom. The van der Waals surface area contributed by atoms with Gasteiger partial charge >= 0.3 is 0 Å². The molecule has 24 heavy (non-hydrogen) atoms. The van der Waals surface area contributed by atoms with Crippen molar-refractivity contribution in [1.82, 2.24) is 14.4 Å². The molecular weight excluding hydrogens is 330 g/mol. The first-order valence-electron chi connectivity index (χ1n) is 8.04. The molecule has 0 amide bonds. The highest BCUT2D eigenvalue weighted by atomic mass is 32.2. The van der Waals surface area contributed by atoms with Crippen molar-refractivity contribution in [3.8, 4) is 0 Å². The summed E-state index contributed by atoms with van der Waals surface area (Å²) in [5.74, 6) is 0.770. The van der Waals surface area contributed by atoms with Gasteiger partial charge in [0, 0.05) is 13.2 Å². The van der Waals surface area contributed by atoms with E-state index in [-0.39, 0.29) is 18.4 Å². The number of hydrogen-bond acceptors (Lipinski definition) is 6. The summed E-state index contributed by atoms with van der Waals surface area (Å²) < 4.78 is 37.4. The highest BCUT2D eigenvalue weighted by molar-refractivity contribution is 7.88. The molecule has 0 radical (unpaired) electrons. The molecule has 8 heteroatoms. The van der Waals surface area contributed by atoms with Gasteiger partial charge in [-0.3, -0.25) is 0 Å². The predicted molar refractivity (Wildman–Crippen MR) is 87.4 cm³/mol. The Kier molecular flexibility index (Phi) is 5.27. The van der Waals surface area contributed by atoms with Crippen molar-refractivity contribution in [2.45, 2.75) is 38.2 Å². The lowest BCUT2D eigenvalue weighted by molar-refractivity contribution is 0.109. The minimum atomic E-state index is -3.44. The summed E-state index contributed by atoms with van der Waals surface area (Å²) in [7, 11) is -3.44. The van der Waals surface area contributed by atoms with Gasteiger partial charge in [-0.25, -0.2) is 8.42 Å². The molecule has 0 saturated carbocycles. The second-order valence-electron chi connectivity index (χ2n) is 5.69. The van der Waals surface area contributed by atoms with Gasteiger partial charge < -0.3 is 9.26 Å². The molecule has 0 aliphatic carbocycles. The van der Waals surface area contributed by atoms with Gasteiger partial charge in [0.25, 0.3) is 5.89 Å². The molecule has 1 atom stereocenters. The van der Waals surface area contributed by atoms with E-state index in [2.05, 4.69) is 10.1 Å². The van der Waals surface area contributed by atoms with Gasteiger partial charge in [0.05, 0.1) is 11.8 Å². The normalized spacial score (nSPS) is 19.0. The number of nitrogens with zero attached hydrogens (tertiary/aromatic N) is 3. The fourth-order valence-corrected chi connectivity index (χ4v) is 4.62. The Bertz CT molecular complexity index is 761. The van der Waals surface area contributed by atoms with Crippen LogP contribution in [0, 0.1) is 0 Å². The van der Waals surface area contributed by atoms with Crippen LogP contribution >= 0.6 is 0 Å². The van der Waals surface area contributed by atoms with E-state index in [4.69, 9.17) is 9.26 Å². The Balaban J connectivity index is 1.76. The highest BCUT2D eigenvalue weighted by Gasteiger charge is 2.37. The largest absolute Gasteiger partial charge is 0.372 e. The fraction of sp³-hybridized carbons (Fsp3) is 0.500. The zero-order valence-corrected chi connectivity index (χ0v) is 14.4. The minimum Gasteiger partial charge on any atom is -0.372 e. The van der Waals surface area contributed by atoms with Gasteiger partial charge in [0.1, 0.15) is 6.61 Å². The molecule has 0 bridgehead atoms. The number of rotatable bonds is 7. The third kappa shape index (κ3) is 3.82. The second-order valence-corrected chi connectivity index (χ2v) is 7.62. The first-order valence-corrected chi connectivity index (χ1v) is 9.64. The van der Waals surface area contributed by atoms with Crippen molar-refractivity contribution in [2.75, 3.05) is 13.2 Å². The van der Waals surface area contributed by atoms with Gasteiger partial charge in [-0.1, -0.05) is 35.5 Å². The standard InChI is InChI=1S/C16H21N3O4S/c1-2-22-11-15-17-16(18-23-15)14-9-6-10-19(14)24(20,21)12-13-7-4-3-5-8-13/h3-5,7-8,14H,2,6,9-12H2,1H3. The molecule has 1 aromatic heterocycles. The lowest BCUT2D eigenvalue weighted by atomic mass is 10.2. The summed E-state index contributed by atoms with van der Waals surface area (Å²) in [5, 5.41) is 3.95. The van der Waals surface area contributed by atoms with Crippen LogP contribution in [0.2, 0.25) is 0 Å². The number of hydrogen-bond donors (Lipinski definition) is 0. The zero-order valence-electron chi connectivity index (χ0n) is 13.6. The Labute approximate surface area is 141 Å². The van der Waals surface area contributed by atoms with Crippen molar-refractivity contribution < 1.29 is 17.7 Å². The van der Waals surface area contributed by atoms with E-state index in [0.717, 1.165) is 12.0 Å². The van der Waals surface area contributed by atoms with Crippen LogP contribution < -0.4 is 0 Å². The molecule has 1 saturated heterocycles. The van der Waals surface area contributed by atoms with Crippen molar-refractivity contribution in [3.05, 3.63) is 47.6 Å². The first kappa shape index (κ1) is 17.1. The maximum atomic E-state index is 12.8. The zero-order chi connectivity index (χ0) is 17.0. The molecule has 1 aliphatic heterocycles. The first-order chi connectivity index (χ1) is 11.6. The van der Waals surface area contributed by atoms with Crippen LogP contribution in [0.1, 0.15) is 43.1 Å². The second kappa shape index (κ2) is 7.42. The molecule has 7 nitrogen and oxygen atoms in total. The summed E-state index contributed by atoms with van der Waals surface area (Å²) in [6.45, 7) is 3.16. The van der Waals surface area contributed by atoms with E-state index < -0.39 is 10.0 Å². The minimum absolute atomic E-state index is 0.0198. The topological polar surface area (TPSA) is 85.5 Å². The van der Waals surface area contributed by atoms with Crippen molar-refractivity contribution in [2.24, 2.45) is 0 Å². The van der Waals surface area contributed by atoms with Crippen molar-refractivity contribution in [1.29, 1.82) is 0 Å². The monoisotopic (exact) mass is 351 g/mol. The molecule has 1 aliphatic rings. The number of benzene rings is 1. The quantitative estimate of drug-likeness (QED) is 0.761. The molecule has 2 heterocycles. The fourth-order valence-electron chi connectivity index (χ4n) is 2.85. The van der Waals surface area contributed by atoms with E-state index in [1.165, 1.54) is 4.31 Å². The van der Waals surface area contributed by atoms with Crippen LogP contribution in [0.4, 0.5) is 0 Å². The lowest BCUT2D eigenvalue weighted by Gasteiger charge is -2.21. The maximum Gasteiger partial charge on any atom is 0.252 e. The molecule has 1 unspecified atom stereocenters. The van der Waals surface area contributed by atoms with Gasteiger partial charge in [0.15, 0.2) is 5.82 Å². The molecule has 0 N–H and O–H groups in total. The summed E-state index contributed by atoms with van der Waals surface area (Å²) >= 11 is 0. The van der Waals surface area contributed by atoms with Crippen LogP contribution in [0.5, 0.6) is 0 Å². The number of ether oxygens (including phenoxy) is 1. The average Bonchev–Trinajstić information content (AvgIpc) is 3.22.